The molecule has 2 aliphatic heterocycles. The summed E-state index contributed by atoms with van der Waals surface area (Å²) in [5.74, 6) is -0.783. The number of ether oxygens (including phenoxy) is 1. The Morgan fingerprint density at radius 3 is 2.74 bits per heavy atom. The normalized spacial score (nSPS) is 18.3. The Bertz CT molecular complexity index is 1250. The zero-order valence-corrected chi connectivity index (χ0v) is 22.2. The van der Waals surface area contributed by atoms with Crippen molar-refractivity contribution in [2.45, 2.75) is 12.8 Å². The summed E-state index contributed by atoms with van der Waals surface area (Å²) in [6.45, 7) is 6.10. The number of nitrogens with zero attached hydrogens (tertiary/aromatic N) is 5. The third-order valence-electron chi connectivity index (χ3n) is 6.47. The van der Waals surface area contributed by atoms with Crippen molar-refractivity contribution in [2.75, 3.05) is 68.1 Å². The molecule has 13 heteroatoms. The number of hydrogen-bond donors (Lipinski definition) is 4. The van der Waals surface area contributed by atoms with Crippen LogP contribution in [0.3, 0.4) is 0 Å². The molecule has 0 aromatic carbocycles. The van der Waals surface area contributed by atoms with E-state index < -0.39 is 11.7 Å². The average Bonchev–Trinajstić information content (AvgIpc) is 3.34. The molecule has 2 fully saturated rings. The molecule has 4 N–H and O–H groups in total. The number of nitrogens with one attached hydrogen (secondary N) is 4. The number of halogens is 2. The summed E-state index contributed by atoms with van der Waals surface area (Å²) in [7, 11) is 0. The number of carbonyl (C=O) groups is 1. The van der Waals surface area contributed by atoms with E-state index in [0.29, 0.717) is 37.0 Å². The maximum atomic E-state index is 14.3. The maximum Gasteiger partial charge on any atom is 0.288 e. The molecule has 206 valence electrons. The second kappa shape index (κ2) is 12.9. The zero-order chi connectivity index (χ0) is 27.0. The molecule has 39 heavy (non-hydrogen) atoms. The van der Waals surface area contributed by atoms with Crippen LogP contribution in [-0.2, 0) is 4.74 Å². The molecule has 3 aliphatic rings. The van der Waals surface area contributed by atoms with Crippen molar-refractivity contribution >= 4 is 35.0 Å². The molecule has 0 bridgehead atoms. The quantitative estimate of drug-likeness (QED) is 0.380. The van der Waals surface area contributed by atoms with Gasteiger partial charge in [-0.15, -0.1) is 0 Å². The van der Waals surface area contributed by atoms with Crippen molar-refractivity contribution in [3.8, 4) is 0 Å². The molecule has 1 aliphatic carbocycles. The van der Waals surface area contributed by atoms with Gasteiger partial charge in [0.25, 0.3) is 5.91 Å². The van der Waals surface area contributed by atoms with Gasteiger partial charge in [-0.2, -0.15) is 4.98 Å². The number of piperazine rings is 1. The predicted molar refractivity (Wildman–Crippen MR) is 148 cm³/mol. The molecule has 2 aromatic rings. The third-order valence-corrected chi connectivity index (χ3v) is 6.69. The van der Waals surface area contributed by atoms with Crippen LogP contribution in [0, 0.1) is 5.82 Å². The highest BCUT2D eigenvalue weighted by Crippen LogP contribution is 2.23. The van der Waals surface area contributed by atoms with Crippen LogP contribution >= 0.6 is 11.6 Å². The molecular formula is C26H31ClFN9O2. The molecule has 0 unspecified atom stereocenters. The number of allylic oxidation sites excluding steroid dienone is 4. The molecule has 2 saturated heterocycles. The highest BCUT2D eigenvalue weighted by atomic mass is 35.5. The lowest BCUT2D eigenvalue weighted by atomic mass is 10.2. The highest BCUT2D eigenvalue weighted by Gasteiger charge is 2.18. The van der Waals surface area contributed by atoms with Gasteiger partial charge in [-0.3, -0.25) is 15.6 Å². The Balaban J connectivity index is 1.16. The lowest BCUT2D eigenvalue weighted by molar-refractivity contribution is 0.0957. The van der Waals surface area contributed by atoms with Gasteiger partial charge in [-0.25, -0.2) is 14.4 Å². The average molecular weight is 556 g/mol. The van der Waals surface area contributed by atoms with E-state index in [0.717, 1.165) is 50.9 Å². The largest absolute Gasteiger partial charge is 0.380 e. The fourth-order valence-electron chi connectivity index (χ4n) is 4.48. The van der Waals surface area contributed by atoms with Gasteiger partial charge in [0, 0.05) is 68.7 Å². The minimum Gasteiger partial charge on any atom is -0.380 e. The Kier molecular flexibility index (Phi) is 8.86. The Morgan fingerprint density at radius 1 is 1.05 bits per heavy atom. The Morgan fingerprint density at radius 2 is 1.92 bits per heavy atom. The van der Waals surface area contributed by atoms with Gasteiger partial charge in [0.05, 0.1) is 24.7 Å². The van der Waals surface area contributed by atoms with Crippen molar-refractivity contribution in [3.63, 3.8) is 0 Å². The first-order valence-corrected chi connectivity index (χ1v) is 13.3. The van der Waals surface area contributed by atoms with Crippen LogP contribution in [0.2, 0.25) is 0 Å². The number of anilines is 3. The number of carbonyl (C=O) groups excluding carboxylic acids is 1. The number of pyridine rings is 1. The monoisotopic (exact) mass is 555 g/mol. The first-order valence-electron chi connectivity index (χ1n) is 12.9. The molecule has 2 aromatic heterocycles. The number of hydrogen-bond acceptors (Lipinski definition) is 10. The fraction of sp³-hybridized carbons (Fsp3) is 0.385. The van der Waals surface area contributed by atoms with E-state index >= 15 is 0 Å². The van der Waals surface area contributed by atoms with E-state index in [2.05, 4.69) is 47.4 Å². The van der Waals surface area contributed by atoms with Crippen molar-refractivity contribution < 1.29 is 13.9 Å². The van der Waals surface area contributed by atoms with Gasteiger partial charge in [-0.05, 0) is 30.7 Å². The SMILES string of the molecule is O=C(NNc1ncc(F)c(N2CCCOCC2)n1)c1ccc(NC2=CCC(N3CCNCC3)=CC(Cl)=C2)cn1. The molecule has 0 radical (unpaired) electrons. The zero-order valence-electron chi connectivity index (χ0n) is 21.4. The van der Waals surface area contributed by atoms with Gasteiger partial charge in [0.2, 0.25) is 5.95 Å². The van der Waals surface area contributed by atoms with Gasteiger partial charge in [-0.1, -0.05) is 17.7 Å². The van der Waals surface area contributed by atoms with E-state index in [1.54, 1.807) is 23.2 Å². The van der Waals surface area contributed by atoms with E-state index in [1.165, 1.54) is 5.70 Å². The van der Waals surface area contributed by atoms with Crippen LogP contribution < -0.4 is 26.4 Å². The van der Waals surface area contributed by atoms with E-state index in [1.807, 2.05) is 12.2 Å². The predicted octanol–water partition coefficient (Wildman–Crippen LogP) is 2.61. The summed E-state index contributed by atoms with van der Waals surface area (Å²) in [5.41, 5.74) is 8.09. The van der Waals surface area contributed by atoms with Gasteiger partial charge < -0.3 is 25.2 Å². The van der Waals surface area contributed by atoms with E-state index in [9.17, 15) is 9.18 Å². The summed E-state index contributed by atoms with van der Waals surface area (Å²) in [6, 6.07) is 3.36. The molecule has 0 saturated carbocycles. The van der Waals surface area contributed by atoms with Gasteiger partial charge in [0.1, 0.15) is 5.69 Å². The van der Waals surface area contributed by atoms with E-state index in [4.69, 9.17) is 16.3 Å². The molecular weight excluding hydrogens is 525 g/mol. The van der Waals surface area contributed by atoms with Crippen molar-refractivity contribution in [1.82, 2.24) is 30.6 Å². The topological polar surface area (TPSA) is 120 Å². The molecule has 11 nitrogen and oxygen atoms in total. The van der Waals surface area contributed by atoms with Crippen molar-refractivity contribution in [1.29, 1.82) is 0 Å². The lowest BCUT2D eigenvalue weighted by Gasteiger charge is -2.31. The second-order valence-corrected chi connectivity index (χ2v) is 9.66. The molecule has 0 atom stereocenters. The van der Waals surface area contributed by atoms with Crippen LogP contribution in [0.1, 0.15) is 23.3 Å². The summed E-state index contributed by atoms with van der Waals surface area (Å²) in [4.78, 5) is 29.2. The second-order valence-electron chi connectivity index (χ2n) is 9.22. The first-order chi connectivity index (χ1) is 19.0. The molecule has 4 heterocycles. The smallest absolute Gasteiger partial charge is 0.288 e. The number of rotatable bonds is 7. The number of amides is 1. The van der Waals surface area contributed by atoms with Crippen LogP contribution in [0.15, 0.2) is 59.2 Å². The molecule has 0 spiro atoms. The minimum absolute atomic E-state index is 0.0703. The van der Waals surface area contributed by atoms with Crippen LogP contribution in [0.25, 0.3) is 0 Å². The van der Waals surface area contributed by atoms with Gasteiger partial charge >= 0.3 is 0 Å². The first kappa shape index (κ1) is 26.9. The minimum atomic E-state index is -0.533. The van der Waals surface area contributed by atoms with Crippen molar-refractivity contribution in [3.05, 3.63) is 70.7 Å². The van der Waals surface area contributed by atoms with Crippen LogP contribution in [-0.4, -0.2) is 78.2 Å². The summed E-state index contributed by atoms with van der Waals surface area (Å²) >= 11 is 6.46. The third kappa shape index (κ3) is 7.22. The number of aromatic nitrogens is 3. The number of hydrazine groups is 1. The van der Waals surface area contributed by atoms with Crippen LogP contribution in [0.5, 0.6) is 0 Å². The summed E-state index contributed by atoms with van der Waals surface area (Å²) in [6.07, 6.45) is 10.1. The lowest BCUT2D eigenvalue weighted by Crippen LogP contribution is -2.42. The van der Waals surface area contributed by atoms with Crippen LogP contribution in [0.4, 0.5) is 21.8 Å². The molecule has 5 rings (SSSR count). The standard InChI is InChI=1S/C26H31ClFN9O2/c27-18-14-19(2-4-21(15-18)36-9-6-29-7-10-36)32-20-3-5-23(30-16-20)25(38)34-35-26-31-17-22(28)24(33-26)37-8-1-12-39-13-11-37/h2-3,5,14-17,29,32H,1,4,6-13H2,(H,34,38)(H,31,33,35). The summed E-state index contributed by atoms with van der Waals surface area (Å²) < 4.78 is 19.8. The van der Waals surface area contributed by atoms with Gasteiger partial charge in [0.15, 0.2) is 11.6 Å². The Hall–Kier alpha value is -3.74. The Labute approximate surface area is 231 Å². The van der Waals surface area contributed by atoms with E-state index in [-0.39, 0.29) is 17.5 Å². The fourth-order valence-corrected chi connectivity index (χ4v) is 4.73. The molecule has 1 amide bonds. The maximum absolute atomic E-state index is 14.3. The summed E-state index contributed by atoms with van der Waals surface area (Å²) in [5, 5.41) is 7.31. The highest BCUT2D eigenvalue weighted by molar-refractivity contribution is 6.31. The van der Waals surface area contributed by atoms with Crippen molar-refractivity contribution in [2.24, 2.45) is 0 Å².